The number of halogens is 3. The number of pyridine rings is 1. The van der Waals surface area contributed by atoms with E-state index in [-0.39, 0.29) is 23.8 Å². The zero-order valence-electron chi connectivity index (χ0n) is 10.0. The molecule has 1 heterocycles. The zero-order valence-corrected chi connectivity index (χ0v) is 10.0. The van der Waals surface area contributed by atoms with Crippen molar-refractivity contribution in [2.75, 3.05) is 6.54 Å². The van der Waals surface area contributed by atoms with Crippen LogP contribution in [-0.4, -0.2) is 23.5 Å². The van der Waals surface area contributed by atoms with Gasteiger partial charge in [-0.3, -0.25) is 4.79 Å². The van der Waals surface area contributed by atoms with E-state index in [9.17, 15) is 18.0 Å². The number of hydrogen-bond acceptors (Lipinski definition) is 3. The molecule has 1 rings (SSSR count). The van der Waals surface area contributed by atoms with Crippen LogP contribution in [-0.2, 0) is 6.18 Å². The molecule has 0 aliphatic carbocycles. The number of nitrogens with zero attached hydrogens (tertiary/aromatic N) is 1. The summed E-state index contributed by atoms with van der Waals surface area (Å²) in [6.45, 7) is 3.31. The molecule has 0 bridgehead atoms. The number of nitrogens with one attached hydrogen (secondary N) is 1. The second-order valence-electron chi connectivity index (χ2n) is 3.94. The van der Waals surface area contributed by atoms with Gasteiger partial charge in [0, 0.05) is 12.6 Å². The molecule has 1 aromatic rings. The Hall–Kier alpha value is -1.63. The summed E-state index contributed by atoms with van der Waals surface area (Å²) >= 11 is 0. The van der Waals surface area contributed by atoms with Gasteiger partial charge in [-0.2, -0.15) is 13.2 Å². The summed E-state index contributed by atoms with van der Waals surface area (Å²) in [6, 6.07) is 1.65. The van der Waals surface area contributed by atoms with E-state index in [1.807, 2.05) is 0 Å². The van der Waals surface area contributed by atoms with Gasteiger partial charge in [-0.15, -0.1) is 0 Å². The largest absolute Gasteiger partial charge is 0.433 e. The minimum Gasteiger partial charge on any atom is -0.348 e. The van der Waals surface area contributed by atoms with Crippen molar-refractivity contribution in [2.45, 2.75) is 26.1 Å². The number of nitrogens with two attached hydrogens (primary N) is 1. The van der Waals surface area contributed by atoms with Gasteiger partial charge >= 0.3 is 6.18 Å². The highest BCUT2D eigenvalue weighted by molar-refractivity contribution is 5.95. The lowest BCUT2D eigenvalue weighted by atomic mass is 10.1. The van der Waals surface area contributed by atoms with E-state index in [1.54, 1.807) is 6.92 Å². The zero-order chi connectivity index (χ0) is 13.9. The maximum atomic E-state index is 12.4. The third-order valence-electron chi connectivity index (χ3n) is 2.35. The molecule has 0 saturated heterocycles. The highest BCUT2D eigenvalue weighted by atomic mass is 19.4. The predicted molar refractivity (Wildman–Crippen MR) is 60.0 cm³/mol. The quantitative estimate of drug-likeness (QED) is 0.866. The Morgan fingerprint density at radius 1 is 1.50 bits per heavy atom. The summed E-state index contributed by atoms with van der Waals surface area (Å²) in [4.78, 5) is 15.1. The fraction of sp³-hybridized carbons (Fsp3) is 0.455. The molecule has 3 N–H and O–H groups in total. The Morgan fingerprint density at radius 2 is 2.11 bits per heavy atom. The topological polar surface area (TPSA) is 68.0 Å². The average Bonchev–Trinajstić information content (AvgIpc) is 2.27. The summed E-state index contributed by atoms with van der Waals surface area (Å²) in [6.07, 6.45) is -4.51. The molecule has 0 aromatic carbocycles. The highest BCUT2D eigenvalue weighted by Gasteiger charge is 2.33. The van der Waals surface area contributed by atoms with Crippen LogP contribution < -0.4 is 11.1 Å². The third-order valence-corrected chi connectivity index (χ3v) is 2.35. The SMILES string of the molecule is Cc1nc(C(F)(F)F)ccc1C(=O)N[C@@H](C)CN. The number of alkyl halides is 3. The van der Waals surface area contributed by atoms with Crippen LogP contribution in [0, 0.1) is 6.92 Å². The van der Waals surface area contributed by atoms with Gasteiger partial charge in [-0.1, -0.05) is 0 Å². The molecule has 18 heavy (non-hydrogen) atoms. The van der Waals surface area contributed by atoms with Crippen molar-refractivity contribution in [3.63, 3.8) is 0 Å². The first-order chi connectivity index (χ1) is 8.25. The number of carbonyl (C=O) groups excluding carboxylic acids is 1. The van der Waals surface area contributed by atoms with Crippen molar-refractivity contribution in [3.05, 3.63) is 29.1 Å². The molecule has 0 fully saturated rings. The van der Waals surface area contributed by atoms with Gasteiger partial charge in [0.2, 0.25) is 0 Å². The number of carbonyl (C=O) groups is 1. The Labute approximate surface area is 102 Å². The van der Waals surface area contributed by atoms with E-state index in [1.165, 1.54) is 6.92 Å². The maximum absolute atomic E-state index is 12.4. The minimum atomic E-state index is -4.51. The van der Waals surface area contributed by atoms with E-state index in [0.717, 1.165) is 12.1 Å². The normalized spacial score (nSPS) is 13.2. The summed E-state index contributed by atoms with van der Waals surface area (Å²) in [5.74, 6) is -0.480. The van der Waals surface area contributed by atoms with E-state index in [0.29, 0.717) is 0 Å². The van der Waals surface area contributed by atoms with Gasteiger partial charge in [-0.05, 0) is 26.0 Å². The van der Waals surface area contributed by atoms with Crippen molar-refractivity contribution in [2.24, 2.45) is 5.73 Å². The van der Waals surface area contributed by atoms with Gasteiger partial charge in [0.05, 0.1) is 11.3 Å². The third kappa shape index (κ3) is 3.43. The van der Waals surface area contributed by atoms with Crippen molar-refractivity contribution >= 4 is 5.91 Å². The van der Waals surface area contributed by atoms with Crippen LogP contribution in [0.4, 0.5) is 13.2 Å². The molecule has 1 amide bonds. The van der Waals surface area contributed by atoms with Gasteiger partial charge in [-0.25, -0.2) is 4.98 Å². The smallest absolute Gasteiger partial charge is 0.348 e. The molecule has 1 aromatic heterocycles. The Morgan fingerprint density at radius 3 is 2.56 bits per heavy atom. The number of hydrogen-bond donors (Lipinski definition) is 2. The lowest BCUT2D eigenvalue weighted by Crippen LogP contribution is -2.38. The van der Waals surface area contributed by atoms with Crippen LogP contribution in [0.1, 0.15) is 28.7 Å². The molecule has 0 saturated carbocycles. The first-order valence-electron chi connectivity index (χ1n) is 5.31. The van der Waals surface area contributed by atoms with Crippen LogP contribution in [0.5, 0.6) is 0 Å². The number of rotatable bonds is 3. The average molecular weight is 261 g/mol. The number of amides is 1. The molecule has 0 aliphatic rings. The molecule has 0 radical (unpaired) electrons. The summed E-state index contributed by atoms with van der Waals surface area (Å²) in [5.41, 5.74) is 4.48. The van der Waals surface area contributed by atoms with Gasteiger partial charge in [0.25, 0.3) is 5.91 Å². The van der Waals surface area contributed by atoms with Crippen molar-refractivity contribution < 1.29 is 18.0 Å². The van der Waals surface area contributed by atoms with E-state index < -0.39 is 17.8 Å². The summed E-state index contributed by atoms with van der Waals surface area (Å²) in [5, 5.41) is 2.56. The van der Waals surface area contributed by atoms with Gasteiger partial charge in [0.1, 0.15) is 5.69 Å². The fourth-order valence-corrected chi connectivity index (χ4v) is 1.32. The summed E-state index contributed by atoms with van der Waals surface area (Å²) in [7, 11) is 0. The van der Waals surface area contributed by atoms with Crippen molar-refractivity contribution in [1.29, 1.82) is 0 Å². The molecule has 100 valence electrons. The van der Waals surface area contributed by atoms with Crippen LogP contribution >= 0.6 is 0 Å². The molecule has 0 aliphatic heterocycles. The molecular formula is C11H14F3N3O. The van der Waals surface area contributed by atoms with Crippen molar-refractivity contribution in [1.82, 2.24) is 10.3 Å². The molecule has 4 nitrogen and oxygen atoms in total. The highest BCUT2D eigenvalue weighted by Crippen LogP contribution is 2.28. The Kier molecular flexibility index (Phi) is 4.28. The van der Waals surface area contributed by atoms with Crippen LogP contribution in [0.3, 0.4) is 0 Å². The Bertz CT molecular complexity index is 446. The first-order valence-corrected chi connectivity index (χ1v) is 5.31. The number of aromatic nitrogens is 1. The lowest BCUT2D eigenvalue weighted by Gasteiger charge is -2.13. The molecule has 0 spiro atoms. The van der Waals surface area contributed by atoms with E-state index in [2.05, 4.69) is 10.3 Å². The van der Waals surface area contributed by atoms with E-state index >= 15 is 0 Å². The molecule has 7 heteroatoms. The fourth-order valence-electron chi connectivity index (χ4n) is 1.32. The maximum Gasteiger partial charge on any atom is 0.433 e. The molecular weight excluding hydrogens is 247 g/mol. The van der Waals surface area contributed by atoms with Gasteiger partial charge in [0.15, 0.2) is 0 Å². The monoisotopic (exact) mass is 261 g/mol. The Balaban J connectivity index is 2.96. The van der Waals surface area contributed by atoms with Crippen molar-refractivity contribution in [3.8, 4) is 0 Å². The first kappa shape index (κ1) is 14.4. The van der Waals surface area contributed by atoms with Crippen LogP contribution in [0.25, 0.3) is 0 Å². The van der Waals surface area contributed by atoms with E-state index in [4.69, 9.17) is 5.73 Å². The van der Waals surface area contributed by atoms with Crippen LogP contribution in [0.2, 0.25) is 0 Å². The standard InChI is InChI=1S/C11H14F3N3O/c1-6(5-15)16-10(18)8-3-4-9(11(12,13)14)17-7(8)2/h3-4,6H,5,15H2,1-2H3,(H,16,18)/t6-/m0/s1. The van der Waals surface area contributed by atoms with Crippen LogP contribution in [0.15, 0.2) is 12.1 Å². The number of aryl methyl sites for hydroxylation is 1. The predicted octanol–water partition coefficient (Wildman–Crippen LogP) is 1.49. The minimum absolute atomic E-state index is 0.0338. The second-order valence-corrected chi connectivity index (χ2v) is 3.94. The molecule has 0 unspecified atom stereocenters. The summed E-state index contributed by atoms with van der Waals surface area (Å²) < 4.78 is 37.2. The van der Waals surface area contributed by atoms with Gasteiger partial charge < -0.3 is 11.1 Å². The lowest BCUT2D eigenvalue weighted by molar-refractivity contribution is -0.141. The second kappa shape index (κ2) is 5.34. The molecule has 1 atom stereocenters.